The fraction of sp³-hybridized carbons (Fsp3) is 0.350. The van der Waals surface area contributed by atoms with E-state index < -0.39 is 17.0 Å². The van der Waals surface area contributed by atoms with E-state index in [9.17, 15) is 20.1 Å². The van der Waals surface area contributed by atoms with E-state index in [1.54, 1.807) is 6.92 Å². The Morgan fingerprint density at radius 1 is 1.15 bits per heavy atom. The van der Waals surface area contributed by atoms with Crippen molar-refractivity contribution in [3.63, 3.8) is 0 Å². The van der Waals surface area contributed by atoms with Crippen LogP contribution in [-0.4, -0.2) is 34.3 Å². The van der Waals surface area contributed by atoms with Gasteiger partial charge in [-0.25, -0.2) is 0 Å². The molecule has 4 rings (SSSR count). The Bertz CT molecular complexity index is 1040. The standard InChI is InChI=1S/C20H20O6/c1-7-6-9(21)11-12-10(7)18-14(20(3,4)8(2)26-18)15(22)13(12)17(24)19(25-5)16(11)23/h6,8,21-22,24H,1-5H3/t8-/m0/s1. The molecule has 136 valence electrons. The van der Waals surface area contributed by atoms with Gasteiger partial charge in [0.1, 0.15) is 23.4 Å². The zero-order valence-corrected chi connectivity index (χ0v) is 15.2. The largest absolute Gasteiger partial charge is 0.507 e. The van der Waals surface area contributed by atoms with E-state index in [4.69, 9.17) is 9.47 Å². The Kier molecular flexibility index (Phi) is 3.09. The predicted molar refractivity (Wildman–Crippen MR) is 96.0 cm³/mol. The molecule has 0 bridgehead atoms. The molecule has 26 heavy (non-hydrogen) atoms. The van der Waals surface area contributed by atoms with Gasteiger partial charge in [-0.1, -0.05) is 13.8 Å². The smallest absolute Gasteiger partial charge is 0.235 e. The lowest BCUT2D eigenvalue weighted by Crippen LogP contribution is -2.29. The van der Waals surface area contributed by atoms with Gasteiger partial charge in [0, 0.05) is 21.8 Å². The third kappa shape index (κ3) is 1.69. The normalized spacial score (nSPS) is 20.3. The van der Waals surface area contributed by atoms with Crippen LogP contribution < -0.4 is 4.74 Å². The first-order chi connectivity index (χ1) is 12.1. The maximum atomic E-state index is 12.8. The first-order valence-electron chi connectivity index (χ1n) is 8.37. The average Bonchev–Trinajstić information content (AvgIpc) is 2.77. The van der Waals surface area contributed by atoms with E-state index in [1.165, 1.54) is 13.2 Å². The number of Topliss-reactive ketones (excluding diaryl/α,β-unsaturated/α-hetero) is 1. The molecule has 0 fully saturated rings. The lowest BCUT2D eigenvalue weighted by Gasteiger charge is -2.26. The van der Waals surface area contributed by atoms with Crippen molar-refractivity contribution < 1.29 is 29.6 Å². The number of rotatable bonds is 1. The maximum Gasteiger partial charge on any atom is 0.235 e. The number of aliphatic hydroxyl groups is 1. The maximum absolute atomic E-state index is 12.8. The van der Waals surface area contributed by atoms with E-state index in [0.29, 0.717) is 22.3 Å². The zero-order valence-electron chi connectivity index (χ0n) is 15.2. The van der Waals surface area contributed by atoms with Crippen molar-refractivity contribution in [1.82, 2.24) is 0 Å². The molecule has 0 unspecified atom stereocenters. The molecular formula is C20H20O6. The van der Waals surface area contributed by atoms with Gasteiger partial charge in [0.05, 0.1) is 18.2 Å². The van der Waals surface area contributed by atoms with E-state index >= 15 is 0 Å². The second kappa shape index (κ2) is 4.84. The van der Waals surface area contributed by atoms with Crippen LogP contribution in [0, 0.1) is 6.92 Å². The average molecular weight is 356 g/mol. The number of ketones is 1. The van der Waals surface area contributed by atoms with E-state index in [1.807, 2.05) is 20.8 Å². The molecule has 2 aliphatic rings. The first-order valence-corrected chi connectivity index (χ1v) is 8.37. The number of carbonyl (C=O) groups is 1. The quantitative estimate of drug-likeness (QED) is 0.721. The van der Waals surface area contributed by atoms with Gasteiger partial charge in [-0.2, -0.15) is 0 Å². The highest BCUT2D eigenvalue weighted by Crippen LogP contribution is 2.57. The number of carbonyl (C=O) groups excluding carboxylic acids is 1. The van der Waals surface area contributed by atoms with Crippen LogP contribution in [-0.2, 0) is 10.2 Å². The number of hydrogen-bond acceptors (Lipinski definition) is 6. The number of ether oxygens (including phenoxy) is 2. The van der Waals surface area contributed by atoms with Crippen molar-refractivity contribution in [1.29, 1.82) is 0 Å². The SMILES string of the molecule is COC1=C(O)c2c(O)c3c(c4c(C)cc(O)c(c24)C1=O)O[C@@H](C)C3(C)C. The molecule has 1 atom stereocenters. The van der Waals surface area contributed by atoms with Gasteiger partial charge in [-0.05, 0) is 25.5 Å². The Hall–Kier alpha value is -2.89. The van der Waals surface area contributed by atoms with Gasteiger partial charge in [0.15, 0.2) is 5.76 Å². The minimum atomic E-state index is -0.635. The van der Waals surface area contributed by atoms with Crippen molar-refractivity contribution in [2.45, 2.75) is 39.2 Å². The summed E-state index contributed by atoms with van der Waals surface area (Å²) < 4.78 is 11.1. The van der Waals surface area contributed by atoms with Gasteiger partial charge in [0.2, 0.25) is 11.5 Å². The van der Waals surface area contributed by atoms with Crippen LogP contribution in [0.25, 0.3) is 16.5 Å². The van der Waals surface area contributed by atoms with Gasteiger partial charge in [-0.3, -0.25) is 4.79 Å². The Morgan fingerprint density at radius 3 is 2.42 bits per heavy atom. The van der Waals surface area contributed by atoms with Crippen molar-refractivity contribution in [2.24, 2.45) is 0 Å². The van der Waals surface area contributed by atoms with Crippen molar-refractivity contribution in [3.05, 3.63) is 34.1 Å². The summed E-state index contributed by atoms with van der Waals surface area (Å²) in [6, 6.07) is 1.49. The number of phenolic OH excluding ortho intramolecular Hbond substituents is 2. The summed E-state index contributed by atoms with van der Waals surface area (Å²) in [5.41, 5.74) is 0.835. The van der Waals surface area contributed by atoms with E-state index in [-0.39, 0.29) is 39.9 Å². The number of hydrogen-bond donors (Lipinski definition) is 3. The highest BCUT2D eigenvalue weighted by molar-refractivity contribution is 6.26. The van der Waals surface area contributed by atoms with Crippen LogP contribution in [0.5, 0.6) is 17.2 Å². The number of aliphatic hydroxyl groups excluding tert-OH is 1. The summed E-state index contributed by atoms with van der Waals surface area (Å²) in [6.45, 7) is 7.59. The molecule has 2 aromatic carbocycles. The number of fused-ring (bicyclic) bond motifs is 2. The van der Waals surface area contributed by atoms with Crippen molar-refractivity contribution in [3.8, 4) is 17.2 Å². The van der Waals surface area contributed by atoms with Crippen LogP contribution >= 0.6 is 0 Å². The van der Waals surface area contributed by atoms with E-state index in [0.717, 1.165) is 0 Å². The second-order valence-electron chi connectivity index (χ2n) is 7.46. The molecule has 2 aromatic rings. The number of aromatic hydroxyl groups is 2. The minimum absolute atomic E-state index is 0.00527. The van der Waals surface area contributed by atoms with Crippen LogP contribution in [0.15, 0.2) is 11.8 Å². The molecule has 1 aliphatic heterocycles. The molecule has 1 heterocycles. The molecule has 6 nitrogen and oxygen atoms in total. The zero-order chi connectivity index (χ0) is 19.1. The highest BCUT2D eigenvalue weighted by atomic mass is 16.5. The molecule has 0 radical (unpaired) electrons. The summed E-state index contributed by atoms with van der Waals surface area (Å²) in [7, 11) is 1.26. The number of phenols is 2. The molecule has 0 amide bonds. The minimum Gasteiger partial charge on any atom is -0.507 e. The molecule has 1 aliphatic carbocycles. The second-order valence-corrected chi connectivity index (χ2v) is 7.46. The molecule has 0 saturated heterocycles. The lowest BCUT2D eigenvalue weighted by atomic mass is 9.77. The number of allylic oxidation sites excluding steroid dienone is 1. The monoisotopic (exact) mass is 356 g/mol. The topological polar surface area (TPSA) is 96.2 Å². The fourth-order valence-corrected chi connectivity index (χ4v) is 4.05. The van der Waals surface area contributed by atoms with Crippen LogP contribution in [0.1, 0.15) is 47.8 Å². The van der Waals surface area contributed by atoms with E-state index in [2.05, 4.69) is 0 Å². The summed E-state index contributed by atoms with van der Waals surface area (Å²) in [4.78, 5) is 12.8. The number of aryl methyl sites for hydroxylation is 1. The molecule has 0 spiro atoms. The van der Waals surface area contributed by atoms with Crippen LogP contribution in [0.4, 0.5) is 0 Å². The summed E-state index contributed by atoms with van der Waals surface area (Å²) in [5.74, 6) is -1.28. The summed E-state index contributed by atoms with van der Waals surface area (Å²) >= 11 is 0. The van der Waals surface area contributed by atoms with Gasteiger partial charge in [0.25, 0.3) is 0 Å². The highest BCUT2D eigenvalue weighted by Gasteiger charge is 2.46. The molecule has 6 heteroatoms. The number of methoxy groups -OCH3 is 1. The van der Waals surface area contributed by atoms with Crippen LogP contribution in [0.2, 0.25) is 0 Å². The Morgan fingerprint density at radius 2 is 1.81 bits per heavy atom. The van der Waals surface area contributed by atoms with Crippen LogP contribution in [0.3, 0.4) is 0 Å². The van der Waals surface area contributed by atoms with Gasteiger partial charge >= 0.3 is 0 Å². The third-order valence-corrected chi connectivity index (χ3v) is 5.73. The first kappa shape index (κ1) is 16.6. The van der Waals surface area contributed by atoms with Gasteiger partial charge in [-0.15, -0.1) is 0 Å². The Balaban J connectivity index is 2.32. The van der Waals surface area contributed by atoms with Crippen molar-refractivity contribution >= 4 is 22.3 Å². The summed E-state index contributed by atoms with van der Waals surface area (Å²) in [6.07, 6.45) is -0.219. The summed E-state index contributed by atoms with van der Waals surface area (Å²) in [5, 5.41) is 33.0. The number of benzene rings is 2. The van der Waals surface area contributed by atoms with Crippen molar-refractivity contribution in [2.75, 3.05) is 7.11 Å². The Labute approximate surface area is 150 Å². The molecular weight excluding hydrogens is 336 g/mol. The molecule has 3 N–H and O–H groups in total. The predicted octanol–water partition coefficient (Wildman–Crippen LogP) is 3.69. The molecule has 0 aromatic heterocycles. The van der Waals surface area contributed by atoms with Gasteiger partial charge < -0.3 is 24.8 Å². The molecule has 0 saturated carbocycles. The lowest BCUT2D eigenvalue weighted by molar-refractivity contribution is 0.0947. The fourth-order valence-electron chi connectivity index (χ4n) is 4.05. The third-order valence-electron chi connectivity index (χ3n) is 5.73.